The lowest BCUT2D eigenvalue weighted by atomic mass is 10.2. The van der Waals surface area contributed by atoms with Crippen LogP contribution in [0.5, 0.6) is 5.75 Å². The molecule has 2 heterocycles. The number of aromatic nitrogens is 1. The van der Waals surface area contributed by atoms with Crippen LogP contribution in [0.25, 0.3) is 0 Å². The lowest BCUT2D eigenvalue weighted by molar-refractivity contribution is 0.268. The van der Waals surface area contributed by atoms with Gasteiger partial charge in [-0.3, -0.25) is 0 Å². The topological polar surface area (TPSA) is 25.4 Å². The smallest absolute Gasteiger partial charge is 0.171 e. The minimum Gasteiger partial charge on any atom is -0.488 e. The molecule has 1 unspecified atom stereocenters. The van der Waals surface area contributed by atoms with E-state index in [1.54, 1.807) is 0 Å². The third-order valence-electron chi connectivity index (χ3n) is 2.42. The minimum absolute atomic E-state index is 0.404. The Bertz CT molecular complexity index is 343. The summed E-state index contributed by atoms with van der Waals surface area (Å²) in [7, 11) is 0. The molecule has 0 amide bonds. The normalized spacial score (nSPS) is 20.2. The lowest BCUT2D eigenvalue weighted by Crippen LogP contribution is -2.41. The molecule has 1 aromatic heterocycles. The van der Waals surface area contributed by atoms with Crippen LogP contribution < -0.4 is 9.64 Å². The van der Waals surface area contributed by atoms with Gasteiger partial charge in [-0.05, 0) is 35.8 Å². The molecule has 2 rings (SSSR count). The van der Waals surface area contributed by atoms with Crippen LogP contribution >= 0.6 is 15.9 Å². The highest BCUT2D eigenvalue weighted by atomic mass is 79.9. The molecule has 1 atom stereocenters. The molecule has 0 N–H and O–H groups in total. The zero-order chi connectivity index (χ0) is 10.1. The summed E-state index contributed by atoms with van der Waals surface area (Å²) < 4.78 is 6.57. The van der Waals surface area contributed by atoms with E-state index < -0.39 is 0 Å². The van der Waals surface area contributed by atoms with Gasteiger partial charge < -0.3 is 9.64 Å². The average molecular weight is 257 g/mol. The van der Waals surface area contributed by atoms with Gasteiger partial charge in [0.2, 0.25) is 0 Å². The van der Waals surface area contributed by atoms with Gasteiger partial charge in [-0.15, -0.1) is 0 Å². The molecule has 14 heavy (non-hydrogen) atoms. The predicted octanol–water partition coefficient (Wildman–Crippen LogP) is 2.45. The Morgan fingerprint density at radius 2 is 2.50 bits per heavy atom. The zero-order valence-electron chi connectivity index (χ0n) is 8.33. The van der Waals surface area contributed by atoms with Crippen LogP contribution in [-0.2, 0) is 0 Å². The molecule has 0 fully saturated rings. The van der Waals surface area contributed by atoms with Crippen molar-refractivity contribution < 1.29 is 4.74 Å². The van der Waals surface area contributed by atoms with Crippen molar-refractivity contribution in [3.8, 4) is 5.75 Å². The summed E-state index contributed by atoms with van der Waals surface area (Å²) in [4.78, 5) is 6.63. The Balaban J connectivity index is 2.41. The van der Waals surface area contributed by atoms with Crippen LogP contribution in [0.3, 0.4) is 0 Å². The number of nitrogens with zero attached hydrogens (tertiary/aromatic N) is 2. The van der Waals surface area contributed by atoms with E-state index in [9.17, 15) is 0 Å². The van der Waals surface area contributed by atoms with E-state index in [0.717, 1.165) is 29.2 Å². The summed E-state index contributed by atoms with van der Waals surface area (Å²) in [5.74, 6) is 1.83. The number of fused-ring (bicyclic) bond motifs is 1. The van der Waals surface area contributed by atoms with Gasteiger partial charge in [-0.2, -0.15) is 0 Å². The number of anilines is 1. The maximum Gasteiger partial charge on any atom is 0.171 e. The number of halogens is 1. The van der Waals surface area contributed by atoms with Gasteiger partial charge in [0.15, 0.2) is 11.6 Å². The lowest BCUT2D eigenvalue weighted by Gasteiger charge is -2.34. The van der Waals surface area contributed by atoms with Crippen LogP contribution in [0, 0.1) is 0 Å². The summed E-state index contributed by atoms with van der Waals surface area (Å²) in [6.45, 7) is 5.98. The van der Waals surface area contributed by atoms with Gasteiger partial charge >= 0.3 is 0 Å². The Morgan fingerprint density at radius 3 is 3.21 bits per heavy atom. The molecule has 0 radical (unpaired) electrons. The van der Waals surface area contributed by atoms with Crippen LogP contribution in [-0.4, -0.2) is 24.2 Å². The van der Waals surface area contributed by atoms with Crippen molar-refractivity contribution in [3.63, 3.8) is 0 Å². The fourth-order valence-corrected chi connectivity index (χ4v) is 2.02. The van der Waals surface area contributed by atoms with E-state index >= 15 is 0 Å². The monoisotopic (exact) mass is 256 g/mol. The second-order valence-electron chi connectivity index (χ2n) is 3.42. The molecular weight excluding hydrogens is 244 g/mol. The van der Waals surface area contributed by atoms with Gasteiger partial charge in [-0.1, -0.05) is 0 Å². The number of rotatable bonds is 1. The Hall–Kier alpha value is -0.770. The number of hydrogen-bond donors (Lipinski definition) is 0. The highest BCUT2D eigenvalue weighted by molar-refractivity contribution is 9.10. The molecule has 0 aliphatic carbocycles. The predicted molar refractivity (Wildman–Crippen MR) is 59.9 cm³/mol. The molecule has 3 nitrogen and oxygen atoms in total. The highest BCUT2D eigenvalue weighted by Crippen LogP contribution is 2.33. The zero-order valence-corrected chi connectivity index (χ0v) is 9.91. The van der Waals surface area contributed by atoms with Gasteiger partial charge in [0.25, 0.3) is 0 Å². The number of likely N-dealkylation sites (N-methyl/N-ethyl adjacent to an activating group) is 1. The molecule has 0 spiro atoms. The van der Waals surface area contributed by atoms with Crippen LogP contribution in [0.4, 0.5) is 5.82 Å². The quantitative estimate of drug-likeness (QED) is 0.772. The fourth-order valence-electron chi connectivity index (χ4n) is 1.71. The van der Waals surface area contributed by atoms with E-state index in [-0.39, 0.29) is 0 Å². The van der Waals surface area contributed by atoms with Crippen molar-refractivity contribution in [3.05, 3.63) is 16.7 Å². The summed E-state index contributed by atoms with van der Waals surface area (Å²) in [6, 6.07) is 2.37. The van der Waals surface area contributed by atoms with E-state index in [1.807, 2.05) is 12.3 Å². The number of ether oxygens (including phenoxy) is 1. The van der Waals surface area contributed by atoms with Crippen molar-refractivity contribution in [2.75, 3.05) is 18.1 Å². The Kier molecular flexibility index (Phi) is 2.63. The molecule has 1 aliphatic heterocycles. The van der Waals surface area contributed by atoms with Crippen LogP contribution in [0.1, 0.15) is 13.8 Å². The third kappa shape index (κ3) is 1.59. The first kappa shape index (κ1) is 9.77. The number of pyridine rings is 1. The third-order valence-corrected chi connectivity index (χ3v) is 2.86. The summed E-state index contributed by atoms with van der Waals surface area (Å²) in [5.41, 5.74) is 0. The first-order valence-electron chi connectivity index (χ1n) is 4.77. The number of hydrogen-bond acceptors (Lipinski definition) is 3. The van der Waals surface area contributed by atoms with Gasteiger partial charge in [-0.25, -0.2) is 4.98 Å². The fraction of sp³-hybridized carbons (Fsp3) is 0.500. The molecule has 0 aromatic carbocycles. The molecule has 0 bridgehead atoms. The summed E-state index contributed by atoms with van der Waals surface area (Å²) in [6.07, 6.45) is 1.81. The van der Waals surface area contributed by atoms with Crippen molar-refractivity contribution in [1.82, 2.24) is 4.98 Å². The second kappa shape index (κ2) is 3.77. The molecule has 0 saturated carbocycles. The van der Waals surface area contributed by atoms with Gasteiger partial charge in [0.05, 0.1) is 6.04 Å². The SMILES string of the molecule is CCN1c2ncc(Br)cc2OCC1C. The maximum absolute atomic E-state index is 5.61. The van der Waals surface area contributed by atoms with Gasteiger partial charge in [0, 0.05) is 17.2 Å². The molecular formula is C10H13BrN2O. The van der Waals surface area contributed by atoms with Crippen LogP contribution in [0.15, 0.2) is 16.7 Å². The van der Waals surface area contributed by atoms with Crippen molar-refractivity contribution in [2.45, 2.75) is 19.9 Å². The van der Waals surface area contributed by atoms with Gasteiger partial charge in [0.1, 0.15) is 6.61 Å². The highest BCUT2D eigenvalue weighted by Gasteiger charge is 2.24. The Morgan fingerprint density at radius 1 is 1.71 bits per heavy atom. The summed E-state index contributed by atoms with van der Waals surface area (Å²) >= 11 is 3.39. The maximum atomic E-state index is 5.61. The molecule has 4 heteroatoms. The standard InChI is InChI=1S/C10H13BrN2O/c1-3-13-7(2)6-14-9-4-8(11)5-12-10(9)13/h4-5,7H,3,6H2,1-2H3. The van der Waals surface area contributed by atoms with E-state index in [2.05, 4.69) is 39.7 Å². The molecule has 76 valence electrons. The molecule has 1 aromatic rings. The largest absolute Gasteiger partial charge is 0.488 e. The second-order valence-corrected chi connectivity index (χ2v) is 4.34. The Labute approximate surface area is 92.2 Å². The van der Waals surface area contributed by atoms with Crippen LogP contribution in [0.2, 0.25) is 0 Å². The first-order valence-corrected chi connectivity index (χ1v) is 5.56. The van der Waals surface area contributed by atoms with E-state index in [1.165, 1.54) is 0 Å². The van der Waals surface area contributed by atoms with E-state index in [0.29, 0.717) is 6.04 Å². The molecule has 0 saturated heterocycles. The first-order chi connectivity index (χ1) is 6.72. The summed E-state index contributed by atoms with van der Waals surface area (Å²) in [5, 5.41) is 0. The van der Waals surface area contributed by atoms with E-state index in [4.69, 9.17) is 4.74 Å². The van der Waals surface area contributed by atoms with Crippen molar-refractivity contribution in [2.24, 2.45) is 0 Å². The molecule has 1 aliphatic rings. The van der Waals surface area contributed by atoms with Crippen molar-refractivity contribution >= 4 is 21.7 Å². The minimum atomic E-state index is 0.404. The van der Waals surface area contributed by atoms with Crippen molar-refractivity contribution in [1.29, 1.82) is 0 Å². The average Bonchev–Trinajstić information content (AvgIpc) is 2.18.